The number of rotatable bonds is 5. The van der Waals surface area contributed by atoms with Crippen LogP contribution in [0.25, 0.3) is 0 Å². The Labute approximate surface area is 90.0 Å². The van der Waals surface area contributed by atoms with Gasteiger partial charge in [-0.05, 0) is 19.8 Å². The fraction of sp³-hybridized carbons (Fsp3) is 0.800. The van der Waals surface area contributed by atoms with E-state index in [0.29, 0.717) is 6.54 Å². The molecule has 0 aliphatic carbocycles. The molecule has 15 heavy (non-hydrogen) atoms. The quantitative estimate of drug-likeness (QED) is 0.644. The Hall–Kier alpha value is -1.10. The topological polar surface area (TPSA) is 75.4 Å². The minimum atomic E-state index is -0.344. The number of carbonyl (C=O) groups is 2. The zero-order chi connectivity index (χ0) is 11.3. The van der Waals surface area contributed by atoms with Crippen molar-refractivity contribution in [3.63, 3.8) is 0 Å². The number of hydrogen-bond acceptors (Lipinski definition) is 3. The summed E-state index contributed by atoms with van der Waals surface area (Å²) in [6, 6.07) is -0.220. The molecule has 5 heteroatoms. The van der Waals surface area contributed by atoms with Crippen molar-refractivity contribution >= 4 is 11.8 Å². The largest absolute Gasteiger partial charge is 0.370 e. The zero-order valence-corrected chi connectivity index (χ0v) is 9.16. The predicted molar refractivity (Wildman–Crippen MR) is 57.1 cm³/mol. The van der Waals surface area contributed by atoms with E-state index in [2.05, 4.69) is 5.32 Å². The molecule has 0 aromatic carbocycles. The molecule has 1 fully saturated rings. The molecule has 0 aromatic rings. The van der Waals surface area contributed by atoms with Crippen LogP contribution in [0.2, 0.25) is 0 Å². The monoisotopic (exact) mass is 213 g/mol. The van der Waals surface area contributed by atoms with E-state index < -0.39 is 0 Å². The van der Waals surface area contributed by atoms with Crippen molar-refractivity contribution in [2.75, 3.05) is 19.6 Å². The molecule has 0 radical (unpaired) electrons. The number of nitrogens with one attached hydrogen (secondary N) is 1. The second-order valence-corrected chi connectivity index (χ2v) is 3.92. The lowest BCUT2D eigenvalue weighted by molar-refractivity contribution is -0.132. The van der Waals surface area contributed by atoms with Gasteiger partial charge >= 0.3 is 0 Å². The van der Waals surface area contributed by atoms with Gasteiger partial charge in [0.1, 0.15) is 0 Å². The molecular weight excluding hydrogens is 194 g/mol. The van der Waals surface area contributed by atoms with Crippen LogP contribution in [0, 0.1) is 0 Å². The summed E-state index contributed by atoms with van der Waals surface area (Å²) in [5, 5.41) is 3.00. The average Bonchev–Trinajstić information content (AvgIpc) is 2.68. The third kappa shape index (κ3) is 3.87. The molecule has 1 atom stereocenters. The Morgan fingerprint density at radius 2 is 2.00 bits per heavy atom. The van der Waals surface area contributed by atoms with Crippen molar-refractivity contribution in [2.45, 2.75) is 32.2 Å². The van der Waals surface area contributed by atoms with Crippen LogP contribution < -0.4 is 11.1 Å². The van der Waals surface area contributed by atoms with Gasteiger partial charge in [0.2, 0.25) is 11.8 Å². The van der Waals surface area contributed by atoms with Gasteiger partial charge in [-0.2, -0.15) is 0 Å². The lowest BCUT2D eigenvalue weighted by Crippen LogP contribution is -2.44. The first kappa shape index (κ1) is 12.0. The van der Waals surface area contributed by atoms with Crippen LogP contribution in [-0.2, 0) is 9.59 Å². The van der Waals surface area contributed by atoms with Gasteiger partial charge in [-0.25, -0.2) is 0 Å². The summed E-state index contributed by atoms with van der Waals surface area (Å²) in [4.78, 5) is 24.1. The van der Waals surface area contributed by atoms with E-state index in [1.54, 1.807) is 0 Å². The second kappa shape index (κ2) is 5.70. The molecule has 1 heterocycles. The minimum absolute atomic E-state index is 0.122. The van der Waals surface area contributed by atoms with Gasteiger partial charge in [-0.1, -0.05) is 0 Å². The highest BCUT2D eigenvalue weighted by Gasteiger charge is 2.22. The van der Waals surface area contributed by atoms with Crippen LogP contribution in [0.4, 0.5) is 0 Å². The SMILES string of the molecule is CC(NCCC(N)=O)C(=O)N1CCCC1. The highest BCUT2D eigenvalue weighted by Crippen LogP contribution is 2.08. The standard InChI is InChI=1S/C10H19N3O2/c1-8(12-5-4-9(11)14)10(15)13-6-2-3-7-13/h8,12H,2-7H2,1H3,(H2,11,14). The Morgan fingerprint density at radius 1 is 1.40 bits per heavy atom. The van der Waals surface area contributed by atoms with Crippen LogP contribution >= 0.6 is 0 Å². The number of carbonyl (C=O) groups excluding carboxylic acids is 2. The molecule has 2 amide bonds. The number of nitrogens with zero attached hydrogens (tertiary/aromatic N) is 1. The van der Waals surface area contributed by atoms with Crippen molar-refractivity contribution in [1.29, 1.82) is 0 Å². The van der Waals surface area contributed by atoms with E-state index in [1.165, 1.54) is 0 Å². The average molecular weight is 213 g/mol. The molecule has 86 valence electrons. The molecule has 1 unspecified atom stereocenters. The number of amides is 2. The summed E-state index contributed by atoms with van der Waals surface area (Å²) in [5.41, 5.74) is 5.00. The lowest BCUT2D eigenvalue weighted by Gasteiger charge is -2.20. The first-order chi connectivity index (χ1) is 7.11. The van der Waals surface area contributed by atoms with E-state index in [9.17, 15) is 9.59 Å². The van der Waals surface area contributed by atoms with Crippen molar-refractivity contribution in [3.8, 4) is 0 Å². The molecule has 0 spiro atoms. The van der Waals surface area contributed by atoms with E-state index in [1.807, 2.05) is 11.8 Å². The maximum Gasteiger partial charge on any atom is 0.239 e. The molecule has 1 aliphatic heterocycles. The van der Waals surface area contributed by atoms with E-state index in [-0.39, 0.29) is 24.3 Å². The van der Waals surface area contributed by atoms with E-state index in [4.69, 9.17) is 5.73 Å². The first-order valence-corrected chi connectivity index (χ1v) is 5.41. The fourth-order valence-electron chi connectivity index (χ4n) is 1.71. The number of likely N-dealkylation sites (tertiary alicyclic amines) is 1. The van der Waals surface area contributed by atoms with Crippen molar-refractivity contribution in [2.24, 2.45) is 5.73 Å². The van der Waals surface area contributed by atoms with Gasteiger partial charge < -0.3 is 16.0 Å². The van der Waals surface area contributed by atoms with Crippen LogP contribution in [-0.4, -0.2) is 42.4 Å². The van der Waals surface area contributed by atoms with Crippen LogP contribution in [0.5, 0.6) is 0 Å². The van der Waals surface area contributed by atoms with Crippen LogP contribution in [0.1, 0.15) is 26.2 Å². The Kier molecular flexibility index (Phi) is 4.55. The van der Waals surface area contributed by atoms with Gasteiger partial charge in [0.15, 0.2) is 0 Å². The Bertz CT molecular complexity index is 237. The molecule has 0 aromatic heterocycles. The van der Waals surface area contributed by atoms with Crippen molar-refractivity contribution in [1.82, 2.24) is 10.2 Å². The lowest BCUT2D eigenvalue weighted by atomic mass is 10.2. The van der Waals surface area contributed by atoms with Crippen molar-refractivity contribution < 1.29 is 9.59 Å². The molecule has 0 saturated carbocycles. The highest BCUT2D eigenvalue weighted by molar-refractivity contribution is 5.81. The molecule has 1 aliphatic rings. The molecule has 3 N–H and O–H groups in total. The maximum absolute atomic E-state index is 11.8. The molecule has 5 nitrogen and oxygen atoms in total. The second-order valence-electron chi connectivity index (χ2n) is 3.92. The number of primary amides is 1. The summed E-state index contributed by atoms with van der Waals surface area (Å²) in [5.74, 6) is -0.222. The van der Waals surface area contributed by atoms with Gasteiger partial charge in [0, 0.05) is 26.1 Å². The van der Waals surface area contributed by atoms with Crippen LogP contribution in [0.3, 0.4) is 0 Å². The van der Waals surface area contributed by atoms with Gasteiger partial charge in [-0.15, -0.1) is 0 Å². The number of nitrogens with two attached hydrogens (primary N) is 1. The Morgan fingerprint density at radius 3 is 2.53 bits per heavy atom. The Balaban J connectivity index is 2.23. The van der Waals surface area contributed by atoms with Gasteiger partial charge in [0.05, 0.1) is 6.04 Å². The molecule has 1 rings (SSSR count). The normalized spacial score (nSPS) is 17.8. The fourth-order valence-corrected chi connectivity index (χ4v) is 1.71. The van der Waals surface area contributed by atoms with Gasteiger partial charge in [0.25, 0.3) is 0 Å². The number of hydrogen-bond donors (Lipinski definition) is 2. The third-order valence-corrected chi connectivity index (χ3v) is 2.61. The van der Waals surface area contributed by atoms with Gasteiger partial charge in [-0.3, -0.25) is 9.59 Å². The van der Waals surface area contributed by atoms with E-state index in [0.717, 1.165) is 25.9 Å². The molecule has 1 saturated heterocycles. The smallest absolute Gasteiger partial charge is 0.239 e. The summed E-state index contributed by atoms with van der Waals surface area (Å²) in [6.07, 6.45) is 2.47. The summed E-state index contributed by atoms with van der Waals surface area (Å²) < 4.78 is 0. The molecule has 0 bridgehead atoms. The zero-order valence-electron chi connectivity index (χ0n) is 9.16. The third-order valence-electron chi connectivity index (χ3n) is 2.61. The first-order valence-electron chi connectivity index (χ1n) is 5.41. The minimum Gasteiger partial charge on any atom is -0.370 e. The summed E-state index contributed by atoms with van der Waals surface area (Å²) in [6.45, 7) is 4.01. The summed E-state index contributed by atoms with van der Waals surface area (Å²) >= 11 is 0. The molecular formula is C10H19N3O2. The highest BCUT2D eigenvalue weighted by atomic mass is 16.2. The summed E-state index contributed by atoms with van der Waals surface area (Å²) in [7, 11) is 0. The van der Waals surface area contributed by atoms with E-state index >= 15 is 0 Å². The van der Waals surface area contributed by atoms with Crippen molar-refractivity contribution in [3.05, 3.63) is 0 Å². The van der Waals surface area contributed by atoms with Crippen LogP contribution in [0.15, 0.2) is 0 Å². The maximum atomic E-state index is 11.8. The predicted octanol–water partition coefficient (Wildman–Crippen LogP) is -0.538.